The molecule has 4 aromatic rings. The first-order chi connectivity index (χ1) is 15.5. The highest BCUT2D eigenvalue weighted by Gasteiger charge is 2.12. The van der Waals surface area contributed by atoms with Gasteiger partial charge in [-0.15, -0.1) is 0 Å². The summed E-state index contributed by atoms with van der Waals surface area (Å²) in [5.74, 6) is 0.864. The normalized spacial score (nSPS) is 10.7. The predicted octanol–water partition coefficient (Wildman–Crippen LogP) is 4.56. The first-order valence-corrected chi connectivity index (χ1v) is 10.3. The van der Waals surface area contributed by atoms with E-state index in [1.165, 1.54) is 24.3 Å². The summed E-state index contributed by atoms with van der Waals surface area (Å²) < 4.78 is 20.7. The van der Waals surface area contributed by atoms with Crippen molar-refractivity contribution in [1.82, 2.24) is 25.1 Å². The molecule has 32 heavy (non-hydrogen) atoms. The molecule has 0 radical (unpaired) electrons. The number of aromatic nitrogens is 4. The maximum atomic E-state index is 13.0. The van der Waals surface area contributed by atoms with Crippen LogP contribution in [0.3, 0.4) is 0 Å². The van der Waals surface area contributed by atoms with Crippen LogP contribution in [0.5, 0.6) is 11.6 Å². The molecule has 0 spiro atoms. The number of amides is 1. The van der Waals surface area contributed by atoms with Gasteiger partial charge in [-0.05, 0) is 55.0 Å². The second kappa shape index (κ2) is 9.52. The number of benzene rings is 2. The number of aromatic amines is 1. The summed E-state index contributed by atoms with van der Waals surface area (Å²) in [6.45, 7) is 2.32. The Bertz CT molecular complexity index is 1280. The molecule has 162 valence electrons. The molecule has 0 aliphatic heterocycles. The number of ether oxygens (including phenoxy) is 1. The van der Waals surface area contributed by atoms with Crippen molar-refractivity contribution in [2.75, 3.05) is 0 Å². The van der Waals surface area contributed by atoms with E-state index < -0.39 is 0 Å². The van der Waals surface area contributed by atoms with Crippen molar-refractivity contribution in [2.45, 2.75) is 20.0 Å². The van der Waals surface area contributed by atoms with Crippen molar-refractivity contribution in [3.8, 4) is 23.0 Å². The van der Waals surface area contributed by atoms with Gasteiger partial charge < -0.3 is 10.1 Å². The Kier molecular flexibility index (Phi) is 6.37. The SMILES string of the molecule is Cc1ccc(-c2n[nH]c(=S)n2CC(=O)NCc2ccnc(Oc3ccc(F)cc3)c2)cc1. The highest BCUT2D eigenvalue weighted by Crippen LogP contribution is 2.20. The summed E-state index contributed by atoms with van der Waals surface area (Å²) >= 11 is 5.30. The highest BCUT2D eigenvalue weighted by atomic mass is 32.1. The van der Waals surface area contributed by atoms with Gasteiger partial charge in [-0.3, -0.25) is 14.5 Å². The third kappa shape index (κ3) is 5.25. The summed E-state index contributed by atoms with van der Waals surface area (Å²) in [5, 5.41) is 9.88. The van der Waals surface area contributed by atoms with Gasteiger partial charge in [-0.25, -0.2) is 9.37 Å². The number of hydrogen-bond donors (Lipinski definition) is 2. The van der Waals surface area contributed by atoms with Gasteiger partial charge in [-0.1, -0.05) is 29.8 Å². The molecule has 2 aromatic heterocycles. The minimum Gasteiger partial charge on any atom is -0.439 e. The first-order valence-electron chi connectivity index (χ1n) is 9.85. The van der Waals surface area contributed by atoms with E-state index in [4.69, 9.17) is 17.0 Å². The zero-order valence-electron chi connectivity index (χ0n) is 17.2. The Hall–Kier alpha value is -3.85. The predicted molar refractivity (Wildman–Crippen MR) is 120 cm³/mol. The number of aryl methyl sites for hydroxylation is 1. The van der Waals surface area contributed by atoms with Crippen LogP contribution in [0.1, 0.15) is 11.1 Å². The Balaban J connectivity index is 1.40. The third-order valence-electron chi connectivity index (χ3n) is 4.69. The maximum Gasteiger partial charge on any atom is 0.240 e. The standard InChI is InChI=1S/C23H20FN5O2S/c1-15-2-4-17(5-3-15)22-27-28-23(32)29(22)14-20(30)26-13-16-10-11-25-21(12-16)31-19-8-6-18(24)7-9-19/h2-12H,13-14H2,1H3,(H,26,30)(H,28,32). The van der Waals surface area contributed by atoms with E-state index in [-0.39, 0.29) is 24.8 Å². The molecule has 0 bridgehead atoms. The van der Waals surface area contributed by atoms with Gasteiger partial charge in [0.15, 0.2) is 10.6 Å². The lowest BCUT2D eigenvalue weighted by Crippen LogP contribution is -2.27. The van der Waals surface area contributed by atoms with Gasteiger partial charge in [-0.2, -0.15) is 5.10 Å². The Morgan fingerprint density at radius 3 is 2.66 bits per heavy atom. The maximum absolute atomic E-state index is 13.0. The van der Waals surface area contributed by atoms with E-state index in [9.17, 15) is 9.18 Å². The molecule has 7 nitrogen and oxygen atoms in total. The monoisotopic (exact) mass is 449 g/mol. The molecule has 2 N–H and O–H groups in total. The van der Waals surface area contributed by atoms with Crippen molar-refractivity contribution >= 4 is 18.1 Å². The fourth-order valence-corrected chi connectivity index (χ4v) is 3.22. The lowest BCUT2D eigenvalue weighted by atomic mass is 10.1. The fraction of sp³-hybridized carbons (Fsp3) is 0.130. The second-order valence-corrected chi connectivity index (χ2v) is 7.53. The molecule has 0 unspecified atom stereocenters. The van der Waals surface area contributed by atoms with Crippen molar-refractivity contribution in [3.05, 3.63) is 88.6 Å². The number of carbonyl (C=O) groups excluding carboxylic acids is 1. The van der Waals surface area contributed by atoms with Crippen LogP contribution in [0.4, 0.5) is 4.39 Å². The van der Waals surface area contributed by atoms with E-state index in [0.29, 0.717) is 22.2 Å². The average Bonchev–Trinajstić information content (AvgIpc) is 3.15. The lowest BCUT2D eigenvalue weighted by molar-refractivity contribution is -0.121. The van der Waals surface area contributed by atoms with E-state index >= 15 is 0 Å². The van der Waals surface area contributed by atoms with Crippen LogP contribution >= 0.6 is 12.2 Å². The molecule has 2 aromatic carbocycles. The first kappa shape index (κ1) is 21.4. The molecule has 0 atom stereocenters. The zero-order chi connectivity index (χ0) is 22.5. The number of nitrogens with one attached hydrogen (secondary N) is 2. The highest BCUT2D eigenvalue weighted by molar-refractivity contribution is 7.71. The number of halogens is 1. The molecule has 0 saturated carbocycles. The molecule has 0 aliphatic rings. The number of pyridine rings is 1. The molecule has 1 amide bonds. The molecular weight excluding hydrogens is 429 g/mol. The summed E-state index contributed by atoms with van der Waals surface area (Å²) in [6, 6.07) is 17.0. The number of hydrogen-bond acceptors (Lipinski definition) is 5. The summed E-state index contributed by atoms with van der Waals surface area (Å²) in [5.41, 5.74) is 2.81. The number of H-pyrrole nitrogens is 1. The van der Waals surface area contributed by atoms with Crippen molar-refractivity contribution < 1.29 is 13.9 Å². The average molecular weight is 450 g/mol. The largest absolute Gasteiger partial charge is 0.439 e. The molecule has 0 saturated heterocycles. The van der Waals surface area contributed by atoms with Gasteiger partial charge in [0.25, 0.3) is 0 Å². The quantitative estimate of drug-likeness (QED) is 0.404. The van der Waals surface area contributed by atoms with Crippen molar-refractivity contribution in [2.24, 2.45) is 0 Å². The molecule has 9 heteroatoms. The molecule has 4 rings (SSSR count). The topological polar surface area (TPSA) is 84.8 Å². The third-order valence-corrected chi connectivity index (χ3v) is 5.01. The molecule has 0 aliphatic carbocycles. The van der Waals surface area contributed by atoms with Gasteiger partial charge in [0, 0.05) is 24.4 Å². The summed E-state index contributed by atoms with van der Waals surface area (Å²) in [6.07, 6.45) is 1.59. The van der Waals surface area contributed by atoms with Crippen molar-refractivity contribution in [1.29, 1.82) is 0 Å². The lowest BCUT2D eigenvalue weighted by Gasteiger charge is -2.10. The van der Waals surface area contributed by atoms with Crippen LogP contribution in [0.25, 0.3) is 11.4 Å². The smallest absolute Gasteiger partial charge is 0.240 e. The van der Waals surface area contributed by atoms with Crippen LogP contribution < -0.4 is 10.1 Å². The Morgan fingerprint density at radius 1 is 1.16 bits per heavy atom. The van der Waals surface area contributed by atoms with Crippen LogP contribution in [0.2, 0.25) is 0 Å². The second-order valence-electron chi connectivity index (χ2n) is 7.14. The Labute approximate surface area is 188 Å². The molecule has 0 fully saturated rings. The van der Waals surface area contributed by atoms with Gasteiger partial charge in [0.05, 0.1) is 0 Å². The van der Waals surface area contributed by atoms with Crippen LogP contribution in [-0.4, -0.2) is 25.7 Å². The molecule has 2 heterocycles. The van der Waals surface area contributed by atoms with Gasteiger partial charge in [0.2, 0.25) is 11.8 Å². The number of carbonyl (C=O) groups is 1. The van der Waals surface area contributed by atoms with E-state index in [0.717, 1.165) is 16.7 Å². The van der Waals surface area contributed by atoms with E-state index in [1.54, 1.807) is 22.9 Å². The van der Waals surface area contributed by atoms with Crippen LogP contribution in [-0.2, 0) is 17.9 Å². The Morgan fingerprint density at radius 2 is 1.91 bits per heavy atom. The van der Waals surface area contributed by atoms with E-state index in [2.05, 4.69) is 20.5 Å². The molecular formula is C23H20FN5O2S. The number of rotatable bonds is 7. The van der Waals surface area contributed by atoms with Gasteiger partial charge >= 0.3 is 0 Å². The van der Waals surface area contributed by atoms with Gasteiger partial charge in [0.1, 0.15) is 18.1 Å². The fourth-order valence-electron chi connectivity index (χ4n) is 3.03. The van der Waals surface area contributed by atoms with Crippen LogP contribution in [0.15, 0.2) is 66.9 Å². The summed E-state index contributed by atoms with van der Waals surface area (Å²) in [7, 11) is 0. The minimum absolute atomic E-state index is 0.0303. The zero-order valence-corrected chi connectivity index (χ0v) is 18.0. The minimum atomic E-state index is -0.343. The van der Waals surface area contributed by atoms with E-state index in [1.807, 2.05) is 31.2 Å². The number of nitrogens with zero attached hydrogens (tertiary/aromatic N) is 3. The summed E-state index contributed by atoms with van der Waals surface area (Å²) in [4.78, 5) is 16.7. The van der Waals surface area contributed by atoms with Crippen molar-refractivity contribution in [3.63, 3.8) is 0 Å². The van der Waals surface area contributed by atoms with Crippen LogP contribution in [0, 0.1) is 17.5 Å².